The Balaban J connectivity index is 1.82. The first kappa shape index (κ1) is 12.0. The highest BCUT2D eigenvalue weighted by Crippen LogP contribution is 2.58. The summed E-state index contributed by atoms with van der Waals surface area (Å²) in [5, 5.41) is 5.83. The van der Waals surface area contributed by atoms with Crippen LogP contribution in [-0.4, -0.2) is 24.4 Å². The van der Waals surface area contributed by atoms with Crippen LogP contribution in [0.1, 0.15) is 39.0 Å². The normalized spacial score (nSPS) is 44.8. The number of nitrogens with one attached hydrogen (secondary N) is 2. The fraction of sp³-hybridized carbons (Fsp3) is 0.857. The monoisotopic (exact) mass is 250 g/mol. The number of urea groups is 1. The van der Waals surface area contributed by atoms with Crippen molar-refractivity contribution in [3.05, 3.63) is 0 Å². The number of hydrogen-bond acceptors (Lipinski definition) is 2. The number of hydrogen-bond donors (Lipinski definition) is 2. The Morgan fingerprint density at radius 3 is 2.22 bits per heavy atom. The Morgan fingerprint density at radius 2 is 1.72 bits per heavy atom. The lowest BCUT2D eigenvalue weighted by atomic mass is 9.48. The average Bonchev–Trinajstić information content (AvgIpc) is 2.26. The van der Waals surface area contributed by atoms with Crippen LogP contribution in [0.4, 0.5) is 4.79 Å². The standard InChI is InChI=1S/C14H22N2O2/c1-8(17)12-10-3-9-4-11(12)7-14(5-9,6-10)16-13(18)15-2/h9-12H,3-7H2,1-2H3,(H2,15,16,18). The Morgan fingerprint density at radius 1 is 1.11 bits per heavy atom. The van der Waals surface area contributed by atoms with Crippen LogP contribution in [0.2, 0.25) is 0 Å². The first-order valence-corrected chi connectivity index (χ1v) is 7.03. The molecule has 0 saturated heterocycles. The summed E-state index contributed by atoms with van der Waals surface area (Å²) in [6.07, 6.45) is 5.49. The molecule has 0 spiro atoms. The summed E-state index contributed by atoms with van der Waals surface area (Å²) < 4.78 is 0. The maximum Gasteiger partial charge on any atom is 0.314 e. The molecule has 18 heavy (non-hydrogen) atoms. The van der Waals surface area contributed by atoms with E-state index < -0.39 is 0 Å². The van der Waals surface area contributed by atoms with Crippen molar-refractivity contribution in [2.75, 3.05) is 7.05 Å². The summed E-state index contributed by atoms with van der Waals surface area (Å²) in [6.45, 7) is 1.74. The fourth-order valence-corrected chi connectivity index (χ4v) is 5.14. The van der Waals surface area contributed by atoms with Gasteiger partial charge in [-0.15, -0.1) is 0 Å². The zero-order valence-electron chi connectivity index (χ0n) is 11.2. The summed E-state index contributed by atoms with van der Waals surface area (Å²) in [7, 11) is 1.66. The molecule has 4 bridgehead atoms. The molecule has 4 rings (SSSR count). The molecule has 2 amide bonds. The van der Waals surface area contributed by atoms with Crippen LogP contribution in [0.3, 0.4) is 0 Å². The van der Waals surface area contributed by atoms with E-state index in [-0.39, 0.29) is 17.5 Å². The van der Waals surface area contributed by atoms with E-state index in [1.54, 1.807) is 14.0 Å². The van der Waals surface area contributed by atoms with Crippen LogP contribution in [0.15, 0.2) is 0 Å². The quantitative estimate of drug-likeness (QED) is 0.783. The Kier molecular flexibility index (Phi) is 2.65. The third kappa shape index (κ3) is 1.73. The van der Waals surface area contributed by atoms with Crippen LogP contribution in [-0.2, 0) is 4.79 Å². The van der Waals surface area contributed by atoms with Crippen LogP contribution in [0, 0.1) is 23.7 Å². The molecular formula is C14H22N2O2. The molecule has 4 saturated carbocycles. The summed E-state index contributed by atoms with van der Waals surface area (Å²) >= 11 is 0. The van der Waals surface area contributed by atoms with Gasteiger partial charge in [-0.2, -0.15) is 0 Å². The first-order valence-electron chi connectivity index (χ1n) is 7.03. The van der Waals surface area contributed by atoms with Crippen LogP contribution >= 0.6 is 0 Å². The van der Waals surface area contributed by atoms with E-state index in [2.05, 4.69) is 10.6 Å². The van der Waals surface area contributed by atoms with E-state index >= 15 is 0 Å². The van der Waals surface area contributed by atoms with Crippen LogP contribution in [0.25, 0.3) is 0 Å². The lowest BCUT2D eigenvalue weighted by Gasteiger charge is -2.59. The molecule has 0 radical (unpaired) electrons. The Hall–Kier alpha value is -1.06. The second kappa shape index (κ2) is 3.97. The zero-order chi connectivity index (χ0) is 12.9. The highest BCUT2D eigenvalue weighted by molar-refractivity contribution is 5.79. The van der Waals surface area contributed by atoms with Gasteiger partial charge in [0.25, 0.3) is 0 Å². The van der Waals surface area contributed by atoms with Gasteiger partial charge in [0.1, 0.15) is 5.78 Å². The lowest BCUT2D eigenvalue weighted by Crippen LogP contribution is -2.64. The van der Waals surface area contributed by atoms with Gasteiger partial charge in [0.2, 0.25) is 0 Å². The van der Waals surface area contributed by atoms with Gasteiger partial charge in [0, 0.05) is 18.5 Å². The molecule has 0 aromatic rings. The number of carbonyl (C=O) groups excluding carboxylic acids is 2. The van der Waals surface area contributed by atoms with Gasteiger partial charge in [-0.3, -0.25) is 4.79 Å². The van der Waals surface area contributed by atoms with E-state index in [1.807, 2.05) is 0 Å². The highest BCUT2D eigenvalue weighted by Gasteiger charge is 2.56. The Bertz CT molecular complexity index is 377. The van der Waals surface area contributed by atoms with Crippen LogP contribution < -0.4 is 10.6 Å². The molecule has 100 valence electrons. The SMILES string of the molecule is CNC(=O)NC12CC3CC(C1)C(C(C)=O)C(C3)C2. The summed E-state index contributed by atoms with van der Waals surface area (Å²) in [5.74, 6) is 2.35. The molecule has 0 aromatic carbocycles. The van der Waals surface area contributed by atoms with Gasteiger partial charge >= 0.3 is 6.03 Å². The minimum Gasteiger partial charge on any atom is -0.341 e. The lowest BCUT2D eigenvalue weighted by molar-refractivity contribution is -0.135. The van der Waals surface area contributed by atoms with Crippen molar-refractivity contribution in [3.63, 3.8) is 0 Å². The molecule has 2 atom stereocenters. The second-order valence-corrected chi connectivity index (χ2v) is 6.59. The topological polar surface area (TPSA) is 58.2 Å². The molecular weight excluding hydrogens is 228 g/mol. The third-order valence-corrected chi connectivity index (χ3v) is 5.35. The van der Waals surface area contributed by atoms with Crippen molar-refractivity contribution >= 4 is 11.8 Å². The Labute approximate surface area is 108 Å². The van der Waals surface area contributed by atoms with E-state index in [1.165, 1.54) is 12.8 Å². The van der Waals surface area contributed by atoms with Gasteiger partial charge in [0.05, 0.1) is 0 Å². The van der Waals surface area contributed by atoms with Crippen LogP contribution in [0.5, 0.6) is 0 Å². The van der Waals surface area contributed by atoms with E-state index in [4.69, 9.17) is 0 Å². The summed E-state index contributed by atoms with van der Waals surface area (Å²) in [5.41, 5.74) is -0.0253. The van der Waals surface area contributed by atoms with E-state index in [0.29, 0.717) is 17.6 Å². The second-order valence-electron chi connectivity index (χ2n) is 6.59. The minimum atomic E-state index is -0.0728. The predicted molar refractivity (Wildman–Crippen MR) is 68.0 cm³/mol. The van der Waals surface area contributed by atoms with Crippen molar-refractivity contribution in [3.8, 4) is 0 Å². The smallest absolute Gasteiger partial charge is 0.314 e. The number of carbonyl (C=O) groups is 2. The molecule has 4 fully saturated rings. The van der Waals surface area contributed by atoms with E-state index in [0.717, 1.165) is 25.2 Å². The van der Waals surface area contributed by atoms with Gasteiger partial charge in [0.15, 0.2) is 0 Å². The maximum atomic E-state index is 11.8. The average molecular weight is 250 g/mol. The summed E-state index contributed by atoms with van der Waals surface area (Å²) in [6, 6.07) is -0.0728. The fourth-order valence-electron chi connectivity index (χ4n) is 5.14. The van der Waals surface area contributed by atoms with Gasteiger partial charge in [-0.05, 0) is 56.8 Å². The van der Waals surface area contributed by atoms with Crippen molar-refractivity contribution < 1.29 is 9.59 Å². The number of ketones is 1. The molecule has 4 aliphatic carbocycles. The third-order valence-electron chi connectivity index (χ3n) is 5.35. The summed E-state index contributed by atoms with van der Waals surface area (Å²) in [4.78, 5) is 23.4. The van der Waals surface area contributed by atoms with Gasteiger partial charge < -0.3 is 10.6 Å². The molecule has 0 aliphatic heterocycles. The van der Waals surface area contributed by atoms with Crippen molar-refractivity contribution in [2.24, 2.45) is 23.7 Å². The molecule has 0 heterocycles. The number of rotatable bonds is 2. The number of amides is 2. The minimum absolute atomic E-state index is 0.0253. The zero-order valence-corrected chi connectivity index (χ0v) is 11.2. The predicted octanol–water partition coefficient (Wildman–Crippen LogP) is 1.70. The first-order chi connectivity index (χ1) is 8.53. The van der Waals surface area contributed by atoms with E-state index in [9.17, 15) is 9.59 Å². The highest BCUT2D eigenvalue weighted by atomic mass is 16.2. The largest absolute Gasteiger partial charge is 0.341 e. The molecule has 4 aliphatic rings. The molecule has 2 unspecified atom stereocenters. The molecule has 4 nitrogen and oxygen atoms in total. The molecule has 2 N–H and O–H groups in total. The van der Waals surface area contributed by atoms with Gasteiger partial charge in [-0.25, -0.2) is 4.79 Å². The molecule has 0 aromatic heterocycles. The van der Waals surface area contributed by atoms with Gasteiger partial charge in [-0.1, -0.05) is 0 Å². The van der Waals surface area contributed by atoms with Crippen molar-refractivity contribution in [1.82, 2.24) is 10.6 Å². The van der Waals surface area contributed by atoms with Crippen molar-refractivity contribution in [2.45, 2.75) is 44.6 Å². The number of Topliss-reactive ketones (excluding diaryl/α,β-unsaturated/α-hetero) is 1. The molecule has 4 heteroatoms. The maximum absolute atomic E-state index is 11.8. The van der Waals surface area contributed by atoms with Crippen molar-refractivity contribution in [1.29, 1.82) is 0 Å².